The van der Waals surface area contributed by atoms with Crippen molar-refractivity contribution in [3.63, 3.8) is 0 Å². The second-order valence-corrected chi connectivity index (χ2v) is 17.6. The Morgan fingerprint density at radius 1 is 0.279 bits per heavy atom. The number of benzene rings is 12. The van der Waals surface area contributed by atoms with E-state index in [-0.39, 0.29) is 0 Å². The lowest BCUT2D eigenvalue weighted by Crippen LogP contribution is -2.11. The van der Waals surface area contributed by atoms with Gasteiger partial charge in [0.2, 0.25) is 0 Å². The summed E-state index contributed by atoms with van der Waals surface area (Å²) in [6.45, 7) is 0. The monoisotopic (exact) mass is 864 g/mol. The van der Waals surface area contributed by atoms with E-state index in [1.54, 1.807) is 0 Å². The third-order valence-electron chi connectivity index (χ3n) is 13.7. The molecule has 0 saturated carbocycles. The topological polar surface area (TPSA) is 8.17 Å². The molecule has 0 unspecified atom stereocenters. The molecular formula is C66H44N2. The lowest BCUT2D eigenvalue weighted by Gasteiger charge is -2.29. The highest BCUT2D eigenvalue weighted by Crippen LogP contribution is 2.49. The first kappa shape index (κ1) is 39.4. The van der Waals surface area contributed by atoms with Crippen molar-refractivity contribution < 1.29 is 0 Å². The van der Waals surface area contributed by atoms with Gasteiger partial charge in [0, 0.05) is 33.4 Å². The quantitative estimate of drug-likeness (QED) is 0.138. The van der Waals surface area contributed by atoms with Crippen molar-refractivity contribution in [3.8, 4) is 50.2 Å². The van der Waals surface area contributed by atoms with Gasteiger partial charge in [-0.2, -0.15) is 0 Å². The molecule has 0 radical (unpaired) electrons. The number of para-hydroxylation sites is 3. The summed E-state index contributed by atoms with van der Waals surface area (Å²) >= 11 is 0. The summed E-state index contributed by atoms with van der Waals surface area (Å²) in [6, 6.07) is 97.7. The normalized spacial score (nSPS) is 11.5. The zero-order valence-corrected chi connectivity index (χ0v) is 37.3. The van der Waals surface area contributed by atoms with Crippen LogP contribution in [-0.2, 0) is 0 Å². The zero-order chi connectivity index (χ0) is 45.0. The van der Waals surface area contributed by atoms with Crippen LogP contribution in [0.5, 0.6) is 0 Å². The van der Waals surface area contributed by atoms with Crippen LogP contribution in [0.3, 0.4) is 0 Å². The molecule has 0 bridgehead atoms. The summed E-state index contributed by atoms with van der Waals surface area (Å²) in [7, 11) is 0. The molecule has 0 amide bonds. The predicted molar refractivity (Wildman–Crippen MR) is 290 cm³/mol. The molecule has 0 aliphatic rings. The molecule has 12 aromatic carbocycles. The first-order chi connectivity index (χ1) is 33.8. The molecule has 0 aliphatic heterocycles. The third kappa shape index (κ3) is 6.49. The van der Waals surface area contributed by atoms with E-state index in [9.17, 15) is 0 Å². The molecule has 0 N–H and O–H groups in total. The SMILES string of the molecule is c1ccc(-c2c(-c3ccccc3)c3cc(N(c4cccc(-c5cccc6ccccc56)c4)c4ccccc4-c4cccc5c4c4ccccc4n5-c4ccccc4)ccc3c3ccccc23)cc1. The van der Waals surface area contributed by atoms with E-state index < -0.39 is 0 Å². The van der Waals surface area contributed by atoms with Crippen molar-refractivity contribution in [1.29, 1.82) is 0 Å². The van der Waals surface area contributed by atoms with Gasteiger partial charge in [-0.25, -0.2) is 0 Å². The molecule has 2 nitrogen and oxygen atoms in total. The molecule has 0 saturated heterocycles. The van der Waals surface area contributed by atoms with E-state index in [0.717, 1.165) is 33.9 Å². The van der Waals surface area contributed by atoms with Crippen LogP contribution in [0.4, 0.5) is 17.1 Å². The minimum atomic E-state index is 1.07. The van der Waals surface area contributed by atoms with E-state index in [4.69, 9.17) is 0 Å². The van der Waals surface area contributed by atoms with E-state index >= 15 is 0 Å². The predicted octanol–water partition coefficient (Wildman–Crippen LogP) is 18.4. The molecule has 0 fully saturated rings. The highest BCUT2D eigenvalue weighted by atomic mass is 15.1. The Morgan fingerprint density at radius 2 is 0.794 bits per heavy atom. The summed E-state index contributed by atoms with van der Waals surface area (Å²) < 4.78 is 2.41. The molecule has 0 aliphatic carbocycles. The zero-order valence-electron chi connectivity index (χ0n) is 37.3. The second-order valence-electron chi connectivity index (χ2n) is 17.6. The van der Waals surface area contributed by atoms with Gasteiger partial charge in [-0.1, -0.05) is 212 Å². The number of rotatable bonds is 8. The maximum Gasteiger partial charge on any atom is 0.0547 e. The van der Waals surface area contributed by atoms with Crippen molar-refractivity contribution in [2.45, 2.75) is 0 Å². The largest absolute Gasteiger partial charge is 0.310 e. The van der Waals surface area contributed by atoms with Crippen LogP contribution >= 0.6 is 0 Å². The smallest absolute Gasteiger partial charge is 0.0547 e. The molecular weight excluding hydrogens is 821 g/mol. The van der Waals surface area contributed by atoms with Gasteiger partial charge < -0.3 is 9.47 Å². The van der Waals surface area contributed by atoms with Crippen LogP contribution in [-0.4, -0.2) is 4.57 Å². The highest BCUT2D eigenvalue weighted by Gasteiger charge is 2.24. The maximum atomic E-state index is 2.49. The average molecular weight is 865 g/mol. The fourth-order valence-corrected chi connectivity index (χ4v) is 10.8. The summed E-state index contributed by atoms with van der Waals surface area (Å²) in [4.78, 5) is 2.49. The first-order valence-electron chi connectivity index (χ1n) is 23.4. The Hall–Kier alpha value is -8.98. The van der Waals surface area contributed by atoms with Crippen LogP contribution in [0.25, 0.3) is 104 Å². The molecule has 13 aromatic rings. The fourth-order valence-electron chi connectivity index (χ4n) is 10.8. The first-order valence-corrected chi connectivity index (χ1v) is 23.4. The summed E-state index contributed by atoms with van der Waals surface area (Å²) in [5.41, 5.74) is 16.3. The standard InChI is InChI=1S/C66H44N2/c1-4-22-46(23-5-1)64-57-34-13-12-32-54(57)55-42-41-51(44-60(55)65(64)47-24-6-2-7-25-47)67(50-30-18-27-48(43-50)53-36-19-26-45-21-10-11-31-52(45)53)61-38-16-14-33-56(61)58-37-20-40-63-66(58)59-35-15-17-39-62(59)68(63)49-28-8-3-9-29-49/h1-44H. The van der Waals surface area contributed by atoms with E-state index in [1.807, 2.05) is 0 Å². The number of hydrogen-bond acceptors (Lipinski definition) is 1. The second kappa shape index (κ2) is 16.5. The lowest BCUT2D eigenvalue weighted by molar-refractivity contribution is 1.18. The Balaban J connectivity index is 1.12. The van der Waals surface area contributed by atoms with Crippen LogP contribution in [0.15, 0.2) is 267 Å². The number of anilines is 3. The minimum absolute atomic E-state index is 1.07. The van der Waals surface area contributed by atoms with Crippen molar-refractivity contribution in [1.82, 2.24) is 4.57 Å². The Morgan fingerprint density at radius 3 is 1.59 bits per heavy atom. The van der Waals surface area contributed by atoms with Gasteiger partial charge in [-0.15, -0.1) is 0 Å². The number of hydrogen-bond donors (Lipinski definition) is 0. The van der Waals surface area contributed by atoms with Crippen molar-refractivity contribution in [2.24, 2.45) is 0 Å². The minimum Gasteiger partial charge on any atom is -0.310 e. The van der Waals surface area contributed by atoms with Gasteiger partial charge >= 0.3 is 0 Å². The number of fused-ring (bicyclic) bond motifs is 7. The van der Waals surface area contributed by atoms with E-state index in [2.05, 4.69) is 276 Å². The molecule has 13 rings (SSSR count). The molecule has 0 atom stereocenters. The van der Waals surface area contributed by atoms with E-state index in [1.165, 1.54) is 87.5 Å². The van der Waals surface area contributed by atoms with Crippen molar-refractivity contribution in [2.75, 3.05) is 4.90 Å². The highest BCUT2D eigenvalue weighted by molar-refractivity contribution is 6.22. The summed E-state index contributed by atoms with van der Waals surface area (Å²) in [6.07, 6.45) is 0. The molecule has 318 valence electrons. The Bertz CT molecular complexity index is 4010. The number of nitrogens with zero attached hydrogens (tertiary/aromatic N) is 2. The van der Waals surface area contributed by atoms with Gasteiger partial charge in [0.1, 0.15) is 0 Å². The Kier molecular flexibility index (Phi) is 9.54. The fraction of sp³-hybridized carbons (Fsp3) is 0. The molecule has 2 heteroatoms. The lowest BCUT2D eigenvalue weighted by atomic mass is 9.85. The van der Waals surface area contributed by atoms with Gasteiger partial charge in [0.25, 0.3) is 0 Å². The van der Waals surface area contributed by atoms with Crippen molar-refractivity contribution in [3.05, 3.63) is 267 Å². The number of aromatic nitrogens is 1. The third-order valence-corrected chi connectivity index (χ3v) is 13.7. The van der Waals surface area contributed by atoms with Gasteiger partial charge in [-0.05, 0) is 126 Å². The molecule has 0 spiro atoms. The van der Waals surface area contributed by atoms with Crippen LogP contribution < -0.4 is 4.90 Å². The van der Waals surface area contributed by atoms with Crippen molar-refractivity contribution >= 4 is 71.2 Å². The maximum absolute atomic E-state index is 2.49. The summed E-state index contributed by atoms with van der Waals surface area (Å²) in [5, 5.41) is 9.81. The summed E-state index contributed by atoms with van der Waals surface area (Å²) in [5.74, 6) is 0. The molecule has 1 aromatic heterocycles. The average Bonchev–Trinajstić information content (AvgIpc) is 3.76. The van der Waals surface area contributed by atoms with Crippen LogP contribution in [0.2, 0.25) is 0 Å². The molecule has 1 heterocycles. The van der Waals surface area contributed by atoms with Crippen LogP contribution in [0, 0.1) is 0 Å². The van der Waals surface area contributed by atoms with Crippen LogP contribution in [0.1, 0.15) is 0 Å². The Labute approximate surface area is 395 Å². The van der Waals surface area contributed by atoms with Gasteiger partial charge in [0.05, 0.1) is 16.7 Å². The van der Waals surface area contributed by atoms with Gasteiger partial charge in [0.15, 0.2) is 0 Å². The van der Waals surface area contributed by atoms with Gasteiger partial charge in [-0.3, -0.25) is 0 Å². The van der Waals surface area contributed by atoms with E-state index in [0.29, 0.717) is 0 Å². The molecule has 68 heavy (non-hydrogen) atoms.